The summed E-state index contributed by atoms with van der Waals surface area (Å²) < 4.78 is 0. The van der Waals surface area contributed by atoms with E-state index in [0.29, 0.717) is 0 Å². The largest absolute Gasteiger partial charge is 0.356 e. The van der Waals surface area contributed by atoms with Crippen molar-refractivity contribution in [1.29, 1.82) is 0 Å². The smallest absolute Gasteiger partial charge is 0.0465 e. The molecule has 0 fully saturated rings. The van der Waals surface area contributed by atoms with Crippen LogP contribution in [-0.4, -0.2) is 0 Å². The second-order valence-electron chi connectivity index (χ2n) is 10.5. The van der Waals surface area contributed by atoms with Crippen LogP contribution in [0.2, 0.25) is 0 Å². The van der Waals surface area contributed by atoms with Gasteiger partial charge in [0.1, 0.15) is 0 Å². The fourth-order valence-electron chi connectivity index (χ4n) is 5.40. The quantitative estimate of drug-likeness (QED) is 0.211. The van der Waals surface area contributed by atoms with Gasteiger partial charge in [0.2, 0.25) is 0 Å². The van der Waals surface area contributed by atoms with Gasteiger partial charge in [-0.25, -0.2) is 0 Å². The zero-order valence-corrected chi connectivity index (χ0v) is 23.2. The van der Waals surface area contributed by atoms with E-state index in [0.717, 1.165) is 28.3 Å². The van der Waals surface area contributed by atoms with Gasteiger partial charge in [-0.3, -0.25) is 0 Å². The number of hydrogen-bond donors (Lipinski definition) is 2. The number of benzene rings is 7. The van der Waals surface area contributed by atoms with Gasteiger partial charge in [0.15, 0.2) is 0 Å². The number of rotatable bonds is 7. The molecule has 0 saturated heterocycles. The highest BCUT2D eigenvalue weighted by Gasteiger charge is 2.10. The van der Waals surface area contributed by atoms with Crippen molar-refractivity contribution in [3.63, 3.8) is 0 Å². The Morgan fingerprint density at radius 2 is 0.762 bits per heavy atom. The molecule has 2 N–H and O–H groups in total. The van der Waals surface area contributed by atoms with Crippen LogP contribution in [0.5, 0.6) is 0 Å². The normalized spacial score (nSPS) is 10.9. The minimum absolute atomic E-state index is 1.04. The van der Waals surface area contributed by atoms with Gasteiger partial charge in [0, 0.05) is 28.3 Å². The van der Waals surface area contributed by atoms with E-state index < -0.39 is 0 Å². The van der Waals surface area contributed by atoms with Gasteiger partial charge < -0.3 is 10.6 Å². The zero-order valence-electron chi connectivity index (χ0n) is 23.2. The summed E-state index contributed by atoms with van der Waals surface area (Å²) in [6.45, 7) is 0. The molecule has 42 heavy (non-hydrogen) atoms. The molecule has 7 aromatic rings. The van der Waals surface area contributed by atoms with Crippen LogP contribution in [0.1, 0.15) is 0 Å². The summed E-state index contributed by atoms with van der Waals surface area (Å²) >= 11 is 0. The average Bonchev–Trinajstić information content (AvgIpc) is 3.07. The molecule has 0 radical (unpaired) electrons. The molecule has 7 rings (SSSR count). The van der Waals surface area contributed by atoms with Crippen LogP contribution in [0.15, 0.2) is 170 Å². The fourth-order valence-corrected chi connectivity index (χ4v) is 5.40. The maximum atomic E-state index is 3.69. The van der Waals surface area contributed by atoms with Crippen LogP contribution >= 0.6 is 0 Å². The van der Waals surface area contributed by atoms with Gasteiger partial charge in [-0.05, 0) is 87.1 Å². The van der Waals surface area contributed by atoms with Crippen molar-refractivity contribution in [2.75, 3.05) is 10.6 Å². The van der Waals surface area contributed by atoms with Crippen molar-refractivity contribution in [1.82, 2.24) is 0 Å². The summed E-state index contributed by atoms with van der Waals surface area (Å²) in [5, 5.41) is 9.77. The van der Waals surface area contributed by atoms with Crippen molar-refractivity contribution in [2.24, 2.45) is 0 Å². The molecule has 0 atom stereocenters. The lowest BCUT2D eigenvalue weighted by Gasteiger charge is -2.16. The predicted octanol–water partition coefficient (Wildman–Crippen LogP) is 11.3. The van der Waals surface area contributed by atoms with Crippen LogP contribution in [0.4, 0.5) is 22.7 Å². The minimum atomic E-state index is 1.04. The Morgan fingerprint density at radius 3 is 1.38 bits per heavy atom. The number of hydrogen-bond acceptors (Lipinski definition) is 2. The Kier molecular flexibility index (Phi) is 6.94. The summed E-state index contributed by atoms with van der Waals surface area (Å²) in [4.78, 5) is 0. The first-order chi connectivity index (χ1) is 20.8. The molecule has 2 heteroatoms. The molecular formula is C40H30N2. The topological polar surface area (TPSA) is 24.1 Å². The van der Waals surface area contributed by atoms with E-state index in [4.69, 9.17) is 0 Å². The molecule has 0 amide bonds. The molecule has 0 spiro atoms. The maximum absolute atomic E-state index is 3.69. The van der Waals surface area contributed by atoms with E-state index in [1.165, 1.54) is 38.6 Å². The molecule has 7 aromatic carbocycles. The van der Waals surface area contributed by atoms with Gasteiger partial charge >= 0.3 is 0 Å². The van der Waals surface area contributed by atoms with Gasteiger partial charge in [-0.15, -0.1) is 0 Å². The second kappa shape index (κ2) is 11.5. The Hall–Kier alpha value is -5.60. The Morgan fingerprint density at radius 1 is 0.286 bits per heavy atom. The molecule has 0 heterocycles. The van der Waals surface area contributed by atoms with Gasteiger partial charge in [-0.2, -0.15) is 0 Å². The van der Waals surface area contributed by atoms with Crippen molar-refractivity contribution >= 4 is 33.5 Å². The molecule has 0 aliphatic heterocycles. The van der Waals surface area contributed by atoms with E-state index in [1.807, 2.05) is 12.1 Å². The minimum Gasteiger partial charge on any atom is -0.356 e. The van der Waals surface area contributed by atoms with E-state index in [9.17, 15) is 0 Å². The van der Waals surface area contributed by atoms with E-state index in [-0.39, 0.29) is 0 Å². The fraction of sp³-hybridized carbons (Fsp3) is 0. The first-order valence-electron chi connectivity index (χ1n) is 14.3. The molecule has 0 aromatic heterocycles. The lowest BCUT2D eigenvalue weighted by Crippen LogP contribution is -1.96. The molecule has 0 aliphatic rings. The molecule has 0 saturated carbocycles. The van der Waals surface area contributed by atoms with Crippen LogP contribution in [0.25, 0.3) is 44.2 Å². The highest BCUT2D eigenvalue weighted by Crippen LogP contribution is 2.36. The van der Waals surface area contributed by atoms with Crippen LogP contribution in [-0.2, 0) is 0 Å². The van der Waals surface area contributed by atoms with E-state index >= 15 is 0 Å². The summed E-state index contributed by atoms with van der Waals surface area (Å²) in [6, 6.07) is 59.9. The SMILES string of the molecule is c1ccc(-c2ccc(Nc3ccc(Nc4ccc(-c5ccccc5)cc4)c(-c4ccc5ccccc5c4)c3)cc2)cc1. The van der Waals surface area contributed by atoms with Crippen molar-refractivity contribution < 1.29 is 0 Å². The first kappa shape index (κ1) is 25.4. The predicted molar refractivity (Wildman–Crippen MR) is 180 cm³/mol. The highest BCUT2D eigenvalue weighted by atomic mass is 14.9. The van der Waals surface area contributed by atoms with E-state index in [2.05, 4.69) is 168 Å². The lowest BCUT2D eigenvalue weighted by atomic mass is 9.98. The lowest BCUT2D eigenvalue weighted by molar-refractivity contribution is 1.50. The molecule has 200 valence electrons. The first-order valence-corrected chi connectivity index (χ1v) is 14.3. The average molecular weight is 539 g/mol. The number of anilines is 4. The van der Waals surface area contributed by atoms with Crippen molar-refractivity contribution in [2.45, 2.75) is 0 Å². The Balaban J connectivity index is 1.21. The van der Waals surface area contributed by atoms with Crippen molar-refractivity contribution in [3.05, 3.63) is 170 Å². The molecule has 0 aliphatic carbocycles. The second-order valence-corrected chi connectivity index (χ2v) is 10.5. The Bertz CT molecular complexity index is 1940. The van der Waals surface area contributed by atoms with Crippen LogP contribution in [0.3, 0.4) is 0 Å². The van der Waals surface area contributed by atoms with Crippen LogP contribution in [0, 0.1) is 0 Å². The zero-order chi connectivity index (χ0) is 28.1. The third kappa shape index (κ3) is 5.52. The van der Waals surface area contributed by atoms with Crippen molar-refractivity contribution in [3.8, 4) is 33.4 Å². The number of nitrogens with one attached hydrogen (secondary N) is 2. The van der Waals surface area contributed by atoms with Crippen LogP contribution < -0.4 is 10.6 Å². The molecular weight excluding hydrogens is 508 g/mol. The molecule has 0 unspecified atom stereocenters. The van der Waals surface area contributed by atoms with Gasteiger partial charge in [-0.1, -0.05) is 121 Å². The Labute approximate surface area is 246 Å². The monoisotopic (exact) mass is 538 g/mol. The summed E-state index contributed by atoms with van der Waals surface area (Å²) in [7, 11) is 0. The number of fused-ring (bicyclic) bond motifs is 1. The summed E-state index contributed by atoms with van der Waals surface area (Å²) in [5.74, 6) is 0. The summed E-state index contributed by atoms with van der Waals surface area (Å²) in [5.41, 5.74) is 11.3. The third-order valence-electron chi connectivity index (χ3n) is 7.63. The standard InChI is InChI=1S/C40H30N2/c1-3-9-29(10-4-1)32-17-21-36(22-18-32)41-38-25-26-40(39(28-38)35-16-15-31-13-7-8-14-34(31)27-35)42-37-23-19-33(20-24-37)30-11-5-2-6-12-30/h1-28,41-42H. The summed E-state index contributed by atoms with van der Waals surface area (Å²) in [6.07, 6.45) is 0. The van der Waals surface area contributed by atoms with Gasteiger partial charge in [0.05, 0.1) is 0 Å². The highest BCUT2D eigenvalue weighted by molar-refractivity contribution is 5.92. The maximum Gasteiger partial charge on any atom is 0.0465 e. The van der Waals surface area contributed by atoms with Gasteiger partial charge in [0.25, 0.3) is 0 Å². The third-order valence-corrected chi connectivity index (χ3v) is 7.63. The van der Waals surface area contributed by atoms with E-state index in [1.54, 1.807) is 0 Å². The molecule has 2 nitrogen and oxygen atoms in total. The molecule has 0 bridgehead atoms.